The van der Waals surface area contributed by atoms with Crippen LogP contribution in [0.2, 0.25) is 0 Å². The molecule has 58 heavy (non-hydrogen) atoms. The number of hydrogen-bond acceptors (Lipinski definition) is 4. The van der Waals surface area contributed by atoms with Gasteiger partial charge in [0, 0.05) is 43.7 Å². The first-order chi connectivity index (χ1) is 28.5. The van der Waals surface area contributed by atoms with Gasteiger partial charge >= 0.3 is 0 Å². The van der Waals surface area contributed by atoms with Gasteiger partial charge in [0.1, 0.15) is 11.2 Å². The van der Waals surface area contributed by atoms with Crippen molar-refractivity contribution in [2.75, 3.05) is 0 Å². The highest BCUT2D eigenvalue weighted by molar-refractivity contribution is 6.17. The summed E-state index contributed by atoms with van der Waals surface area (Å²) in [7, 11) is 0. The van der Waals surface area contributed by atoms with Crippen molar-refractivity contribution < 1.29 is 4.42 Å². The quantitative estimate of drug-likeness (QED) is 0.180. The van der Waals surface area contributed by atoms with Gasteiger partial charge in [0.05, 0.1) is 11.0 Å². The number of hydrogen-bond donors (Lipinski definition) is 0. The predicted octanol–water partition coefficient (Wildman–Crippen LogP) is 13.3. The molecule has 3 aromatic heterocycles. The van der Waals surface area contributed by atoms with E-state index in [9.17, 15) is 0 Å². The highest BCUT2D eigenvalue weighted by atomic mass is 16.3. The summed E-state index contributed by atoms with van der Waals surface area (Å²) in [6, 6.07) is 60.3. The van der Waals surface area contributed by atoms with E-state index >= 15 is 0 Å². The van der Waals surface area contributed by atoms with Gasteiger partial charge < -0.3 is 4.42 Å². The molecule has 0 atom stereocenters. The second-order valence-electron chi connectivity index (χ2n) is 16.0. The molecular weight excluding hydrogens is 709 g/mol. The molecule has 0 radical (unpaired) electrons. The minimum absolute atomic E-state index is 0.218. The van der Waals surface area contributed by atoms with E-state index in [4.69, 9.17) is 19.4 Å². The van der Waals surface area contributed by atoms with Gasteiger partial charge in [-0.2, -0.15) is 9.97 Å². The predicted molar refractivity (Wildman–Crippen MR) is 237 cm³/mol. The van der Waals surface area contributed by atoms with E-state index in [1.165, 1.54) is 33.2 Å². The number of fused-ring (bicyclic) bond motifs is 9. The summed E-state index contributed by atoms with van der Waals surface area (Å²) in [4.78, 5) is 15.9. The fourth-order valence-corrected chi connectivity index (χ4v) is 9.69. The van der Waals surface area contributed by atoms with Crippen molar-refractivity contribution in [3.8, 4) is 39.9 Å². The maximum atomic E-state index is 6.36. The number of furan rings is 1. The average molecular weight is 745 g/mol. The minimum Gasteiger partial charge on any atom is -0.456 e. The zero-order valence-electron chi connectivity index (χ0n) is 32.1. The van der Waals surface area contributed by atoms with E-state index in [0.717, 1.165) is 72.2 Å². The molecule has 3 heterocycles. The SMILES string of the molecule is CC1(C)c2ccccc2Cc2cccc(-c3cccc4c5cc6ccccc6cc5n(-c5nc(-c6ccccc6)nc(-c6ccc7c(c6)oc6ccccc67)n5)c34)c21. The fraction of sp³-hybridized carbons (Fsp3) is 0.0755. The van der Waals surface area contributed by atoms with Gasteiger partial charge in [-0.25, -0.2) is 4.98 Å². The number of rotatable bonds is 4. The van der Waals surface area contributed by atoms with Gasteiger partial charge in [0.2, 0.25) is 5.95 Å². The maximum absolute atomic E-state index is 6.36. The molecule has 0 fully saturated rings. The van der Waals surface area contributed by atoms with Crippen LogP contribution in [-0.4, -0.2) is 19.5 Å². The van der Waals surface area contributed by atoms with Crippen LogP contribution >= 0.6 is 0 Å². The molecule has 0 unspecified atom stereocenters. The maximum Gasteiger partial charge on any atom is 0.238 e. The molecule has 0 bridgehead atoms. The Morgan fingerprint density at radius 3 is 2.05 bits per heavy atom. The van der Waals surface area contributed by atoms with Crippen LogP contribution in [0.25, 0.3) is 94.4 Å². The van der Waals surface area contributed by atoms with Gasteiger partial charge in [-0.15, -0.1) is 0 Å². The first-order valence-corrected chi connectivity index (χ1v) is 19.9. The fourth-order valence-electron chi connectivity index (χ4n) is 9.69. The van der Waals surface area contributed by atoms with Crippen molar-refractivity contribution in [2.45, 2.75) is 25.7 Å². The van der Waals surface area contributed by atoms with Crippen LogP contribution in [-0.2, 0) is 11.8 Å². The molecule has 0 saturated heterocycles. The molecule has 0 saturated carbocycles. The summed E-state index contributed by atoms with van der Waals surface area (Å²) in [5, 5.41) is 6.80. The summed E-state index contributed by atoms with van der Waals surface area (Å²) in [6.45, 7) is 4.75. The Labute approximate surface area is 334 Å². The van der Waals surface area contributed by atoms with Crippen molar-refractivity contribution in [2.24, 2.45) is 0 Å². The molecule has 11 aromatic rings. The standard InChI is InChI=1S/C53H36N4O/c1-53(2)44-24-10-8-18-35(44)28-36-19-12-21-40(48(36)53)41-22-13-23-42-43-29-33-16-6-7-17-34(33)30-45(43)57(49(41)42)52-55-50(32-14-4-3-5-15-32)54-51(56-52)37-26-27-39-38-20-9-11-25-46(38)58-47(39)31-37/h3-27,29-31H,28H2,1-2H3. The summed E-state index contributed by atoms with van der Waals surface area (Å²) in [6.07, 6.45) is 0.903. The highest BCUT2D eigenvalue weighted by Gasteiger charge is 2.35. The average Bonchev–Trinajstić information content (AvgIpc) is 3.80. The Bertz CT molecular complexity index is 3460. The van der Waals surface area contributed by atoms with E-state index in [1.807, 2.05) is 36.4 Å². The third-order valence-corrected chi connectivity index (χ3v) is 12.3. The molecule has 5 heteroatoms. The lowest BCUT2D eigenvalue weighted by Crippen LogP contribution is -2.28. The molecular formula is C53H36N4O. The first-order valence-electron chi connectivity index (χ1n) is 19.9. The zero-order chi connectivity index (χ0) is 38.5. The lowest BCUT2D eigenvalue weighted by molar-refractivity contribution is 0.612. The van der Waals surface area contributed by atoms with Gasteiger partial charge in [0.25, 0.3) is 0 Å². The molecule has 0 aliphatic heterocycles. The molecule has 0 spiro atoms. The van der Waals surface area contributed by atoms with Crippen LogP contribution in [0.15, 0.2) is 174 Å². The third kappa shape index (κ3) is 4.86. The largest absolute Gasteiger partial charge is 0.456 e. The zero-order valence-corrected chi connectivity index (χ0v) is 32.1. The van der Waals surface area contributed by atoms with E-state index < -0.39 is 0 Å². The molecule has 12 rings (SSSR count). The van der Waals surface area contributed by atoms with E-state index in [-0.39, 0.29) is 5.41 Å². The molecule has 1 aliphatic carbocycles. The molecule has 1 aliphatic rings. The Balaban J connectivity index is 1.18. The van der Waals surface area contributed by atoms with Crippen LogP contribution in [0.5, 0.6) is 0 Å². The third-order valence-electron chi connectivity index (χ3n) is 12.3. The number of para-hydroxylation sites is 2. The highest BCUT2D eigenvalue weighted by Crippen LogP contribution is 2.48. The Morgan fingerprint density at radius 2 is 1.17 bits per heavy atom. The smallest absolute Gasteiger partial charge is 0.238 e. The summed E-state index contributed by atoms with van der Waals surface area (Å²) in [5.74, 6) is 1.74. The van der Waals surface area contributed by atoms with E-state index in [1.54, 1.807) is 0 Å². The van der Waals surface area contributed by atoms with Crippen molar-refractivity contribution in [3.05, 3.63) is 192 Å². The topological polar surface area (TPSA) is 56.7 Å². The Hall–Kier alpha value is -7.37. The van der Waals surface area contributed by atoms with Crippen LogP contribution in [0.1, 0.15) is 36.1 Å². The van der Waals surface area contributed by atoms with Gasteiger partial charge in [0.15, 0.2) is 11.6 Å². The minimum atomic E-state index is -0.218. The van der Waals surface area contributed by atoms with Gasteiger partial charge in [-0.1, -0.05) is 153 Å². The summed E-state index contributed by atoms with van der Waals surface area (Å²) < 4.78 is 8.65. The second-order valence-corrected chi connectivity index (χ2v) is 16.0. The van der Waals surface area contributed by atoms with Crippen molar-refractivity contribution in [1.29, 1.82) is 0 Å². The van der Waals surface area contributed by atoms with Gasteiger partial charge in [-0.05, 0) is 75.3 Å². The van der Waals surface area contributed by atoms with Crippen molar-refractivity contribution in [1.82, 2.24) is 19.5 Å². The molecule has 274 valence electrons. The number of aromatic nitrogens is 4. The normalized spacial score (nSPS) is 13.4. The second kappa shape index (κ2) is 12.3. The summed E-state index contributed by atoms with van der Waals surface area (Å²) in [5.41, 5.74) is 13.2. The molecule has 5 nitrogen and oxygen atoms in total. The van der Waals surface area contributed by atoms with Crippen molar-refractivity contribution >= 4 is 54.5 Å². The molecule has 8 aromatic carbocycles. The Morgan fingerprint density at radius 1 is 0.500 bits per heavy atom. The molecule has 0 N–H and O–H groups in total. The first kappa shape index (κ1) is 32.8. The lowest BCUT2D eigenvalue weighted by atomic mass is 9.66. The van der Waals surface area contributed by atoms with E-state index in [0.29, 0.717) is 17.6 Å². The lowest BCUT2D eigenvalue weighted by Gasteiger charge is -2.37. The van der Waals surface area contributed by atoms with Crippen LogP contribution < -0.4 is 0 Å². The van der Waals surface area contributed by atoms with Crippen LogP contribution in [0.3, 0.4) is 0 Å². The van der Waals surface area contributed by atoms with E-state index in [2.05, 4.69) is 152 Å². The van der Waals surface area contributed by atoms with Crippen LogP contribution in [0, 0.1) is 0 Å². The Kier molecular flexibility index (Phi) is 6.97. The van der Waals surface area contributed by atoms with Crippen LogP contribution in [0.4, 0.5) is 0 Å². The summed E-state index contributed by atoms with van der Waals surface area (Å²) >= 11 is 0. The number of nitrogens with zero attached hydrogens (tertiary/aromatic N) is 4. The number of benzene rings is 8. The monoisotopic (exact) mass is 744 g/mol. The van der Waals surface area contributed by atoms with Gasteiger partial charge in [-0.3, -0.25) is 4.57 Å². The van der Waals surface area contributed by atoms with Crippen molar-refractivity contribution in [3.63, 3.8) is 0 Å². The molecule has 0 amide bonds.